The van der Waals surface area contributed by atoms with E-state index in [1.165, 1.54) is 49.4 Å². The van der Waals surface area contributed by atoms with Gasteiger partial charge in [-0.2, -0.15) is 0 Å². The van der Waals surface area contributed by atoms with Crippen molar-refractivity contribution in [3.63, 3.8) is 0 Å². The van der Waals surface area contributed by atoms with Gasteiger partial charge in [0.25, 0.3) is 0 Å². The Morgan fingerprint density at radius 3 is 1.61 bits per heavy atom. The van der Waals surface area contributed by atoms with Crippen LogP contribution in [0.3, 0.4) is 0 Å². The Hall–Kier alpha value is -7.30. The standard InChI is InChI=1S/C53H40N4.C2H6/c1-36(38-16-6-3-7-17-38)54-53(55-37(2)39-18-8-4-9-19-39)57-50-25-15-12-22-45(50)47-32-30-43(35-52(47)57)41-28-26-40(27-29-41)42-31-33-51-48(34-42)46-23-13-14-24-49(46)56(51)44-20-10-5-11-21-44;1-2/h3-36H,1-2H3;1-2H3/b54-53?,55-37+;. The minimum absolute atomic E-state index is 0.102. The summed E-state index contributed by atoms with van der Waals surface area (Å²) in [6.45, 7) is 8.21. The number of hydrogen-bond donors (Lipinski definition) is 0. The summed E-state index contributed by atoms with van der Waals surface area (Å²) in [5.41, 5.74) is 13.5. The molecule has 0 aliphatic heterocycles. The maximum Gasteiger partial charge on any atom is 0.230 e. The largest absolute Gasteiger partial charge is 0.309 e. The molecule has 8 aromatic carbocycles. The highest BCUT2D eigenvalue weighted by atomic mass is 15.2. The van der Waals surface area contributed by atoms with E-state index in [-0.39, 0.29) is 6.04 Å². The number of aliphatic imine (C=N–C) groups is 2. The fourth-order valence-electron chi connectivity index (χ4n) is 8.24. The minimum Gasteiger partial charge on any atom is -0.309 e. The van der Waals surface area contributed by atoms with Crippen LogP contribution in [0, 0.1) is 0 Å². The molecule has 1 unspecified atom stereocenters. The van der Waals surface area contributed by atoms with Gasteiger partial charge in [-0.3, -0.25) is 4.57 Å². The van der Waals surface area contributed by atoms with Crippen LogP contribution in [0.5, 0.6) is 0 Å². The van der Waals surface area contributed by atoms with Gasteiger partial charge in [-0.05, 0) is 89.7 Å². The van der Waals surface area contributed by atoms with E-state index < -0.39 is 0 Å². The van der Waals surface area contributed by atoms with Gasteiger partial charge in [0.15, 0.2) is 0 Å². The first-order valence-corrected chi connectivity index (χ1v) is 20.6. The molecule has 0 radical (unpaired) electrons. The quantitative estimate of drug-likeness (QED) is 0.119. The Morgan fingerprint density at radius 1 is 0.441 bits per heavy atom. The van der Waals surface area contributed by atoms with Gasteiger partial charge in [0.05, 0.1) is 28.1 Å². The highest BCUT2D eigenvalue weighted by molar-refractivity contribution is 6.17. The lowest BCUT2D eigenvalue weighted by molar-refractivity contribution is 0.810. The Balaban J connectivity index is 0.00000221. The maximum absolute atomic E-state index is 5.35. The molecule has 0 spiro atoms. The predicted octanol–water partition coefficient (Wildman–Crippen LogP) is 14.7. The lowest BCUT2D eigenvalue weighted by Crippen LogP contribution is -2.13. The molecular weight excluding hydrogens is 717 g/mol. The van der Waals surface area contributed by atoms with E-state index in [0.29, 0.717) is 5.96 Å². The summed E-state index contributed by atoms with van der Waals surface area (Å²) >= 11 is 0. The Bertz CT molecular complexity index is 3120. The normalized spacial score (nSPS) is 12.5. The fraction of sp³-hybridized carbons (Fsp3) is 0.0909. The molecule has 10 rings (SSSR count). The van der Waals surface area contributed by atoms with Gasteiger partial charge in [-0.1, -0.05) is 172 Å². The summed E-state index contributed by atoms with van der Waals surface area (Å²) in [4.78, 5) is 10.6. The molecule has 10 aromatic rings. The number of fused-ring (bicyclic) bond motifs is 6. The van der Waals surface area contributed by atoms with E-state index in [2.05, 4.69) is 211 Å². The van der Waals surface area contributed by atoms with Crippen LogP contribution >= 0.6 is 0 Å². The van der Waals surface area contributed by atoms with Crippen LogP contribution in [0.1, 0.15) is 44.9 Å². The smallest absolute Gasteiger partial charge is 0.230 e. The first-order chi connectivity index (χ1) is 29.1. The van der Waals surface area contributed by atoms with E-state index in [0.717, 1.165) is 39.0 Å². The summed E-state index contributed by atoms with van der Waals surface area (Å²) in [5.74, 6) is 0.662. The molecular formula is C55H46N4. The predicted molar refractivity (Wildman–Crippen MR) is 252 cm³/mol. The van der Waals surface area contributed by atoms with Gasteiger partial charge in [0.2, 0.25) is 5.96 Å². The topological polar surface area (TPSA) is 34.6 Å². The van der Waals surface area contributed by atoms with Crippen LogP contribution in [0.25, 0.3) is 71.6 Å². The third-order valence-electron chi connectivity index (χ3n) is 11.2. The second kappa shape index (κ2) is 16.3. The molecule has 4 nitrogen and oxygen atoms in total. The molecule has 0 aliphatic rings. The van der Waals surface area contributed by atoms with Gasteiger partial charge in [-0.25, -0.2) is 9.98 Å². The monoisotopic (exact) mass is 762 g/mol. The van der Waals surface area contributed by atoms with E-state index in [4.69, 9.17) is 9.98 Å². The summed E-state index contributed by atoms with van der Waals surface area (Å²) in [6, 6.07) is 71.2. The molecule has 0 N–H and O–H groups in total. The van der Waals surface area contributed by atoms with Gasteiger partial charge in [0.1, 0.15) is 0 Å². The van der Waals surface area contributed by atoms with E-state index >= 15 is 0 Å². The van der Waals surface area contributed by atoms with Crippen molar-refractivity contribution in [1.29, 1.82) is 0 Å². The van der Waals surface area contributed by atoms with E-state index in [9.17, 15) is 0 Å². The average molecular weight is 763 g/mol. The summed E-state index contributed by atoms with van der Waals surface area (Å²) in [7, 11) is 0. The molecule has 59 heavy (non-hydrogen) atoms. The highest BCUT2D eigenvalue weighted by Crippen LogP contribution is 2.37. The number of nitrogens with zero attached hydrogens (tertiary/aromatic N) is 4. The van der Waals surface area contributed by atoms with Crippen molar-refractivity contribution in [3.8, 4) is 27.9 Å². The molecule has 0 fully saturated rings. The first kappa shape index (κ1) is 37.3. The molecule has 4 heteroatoms. The van der Waals surface area contributed by atoms with Crippen molar-refractivity contribution in [2.75, 3.05) is 0 Å². The Labute approximate surface area is 346 Å². The van der Waals surface area contributed by atoms with Gasteiger partial charge >= 0.3 is 0 Å². The van der Waals surface area contributed by atoms with Crippen LogP contribution in [-0.2, 0) is 0 Å². The third-order valence-corrected chi connectivity index (χ3v) is 11.2. The number of para-hydroxylation sites is 3. The van der Waals surface area contributed by atoms with Crippen molar-refractivity contribution in [3.05, 3.63) is 211 Å². The zero-order valence-corrected chi connectivity index (χ0v) is 33.9. The van der Waals surface area contributed by atoms with Crippen molar-refractivity contribution in [2.45, 2.75) is 33.7 Å². The number of rotatable bonds is 6. The SMILES string of the molecule is C/C(=N\C(=NC(C)c1ccccc1)n1c2ccccc2c2ccc(-c3ccc(-c4ccc5c(c4)c4ccccc4n5-c4ccccc4)cc3)cc21)c1ccccc1.CC. The lowest BCUT2D eigenvalue weighted by Gasteiger charge is -2.14. The molecule has 0 saturated heterocycles. The van der Waals surface area contributed by atoms with Gasteiger partial charge in [0, 0.05) is 32.9 Å². The van der Waals surface area contributed by atoms with Crippen LogP contribution in [0.15, 0.2) is 210 Å². The second-order valence-corrected chi connectivity index (χ2v) is 14.7. The summed E-state index contributed by atoms with van der Waals surface area (Å²) in [6.07, 6.45) is 0. The third kappa shape index (κ3) is 7.04. The Morgan fingerprint density at radius 2 is 0.932 bits per heavy atom. The number of aromatic nitrogens is 2. The second-order valence-electron chi connectivity index (χ2n) is 14.7. The fourth-order valence-corrected chi connectivity index (χ4v) is 8.24. The molecule has 0 bridgehead atoms. The zero-order valence-electron chi connectivity index (χ0n) is 33.9. The Kier molecular flexibility index (Phi) is 10.3. The number of hydrogen-bond acceptors (Lipinski definition) is 1. The molecule has 0 saturated carbocycles. The molecule has 1 atom stereocenters. The first-order valence-electron chi connectivity index (χ1n) is 20.6. The van der Waals surface area contributed by atoms with Crippen molar-refractivity contribution in [2.24, 2.45) is 9.98 Å². The molecule has 0 aliphatic carbocycles. The van der Waals surface area contributed by atoms with Crippen LogP contribution < -0.4 is 0 Å². The average Bonchev–Trinajstić information content (AvgIpc) is 3.82. The lowest BCUT2D eigenvalue weighted by atomic mass is 9.98. The zero-order chi connectivity index (χ0) is 40.3. The van der Waals surface area contributed by atoms with E-state index in [1.54, 1.807) is 0 Å². The molecule has 2 heterocycles. The highest BCUT2D eigenvalue weighted by Gasteiger charge is 2.18. The van der Waals surface area contributed by atoms with Crippen LogP contribution in [-0.4, -0.2) is 20.8 Å². The van der Waals surface area contributed by atoms with Crippen LogP contribution in [0.2, 0.25) is 0 Å². The van der Waals surface area contributed by atoms with E-state index in [1.807, 2.05) is 26.0 Å². The maximum atomic E-state index is 5.35. The summed E-state index contributed by atoms with van der Waals surface area (Å²) in [5, 5.41) is 4.84. The number of benzene rings is 8. The van der Waals surface area contributed by atoms with Crippen molar-refractivity contribution < 1.29 is 0 Å². The van der Waals surface area contributed by atoms with Gasteiger partial charge < -0.3 is 4.57 Å². The van der Waals surface area contributed by atoms with Gasteiger partial charge in [-0.15, -0.1) is 0 Å². The molecule has 0 amide bonds. The molecule has 2 aromatic heterocycles. The van der Waals surface area contributed by atoms with Crippen molar-refractivity contribution >= 4 is 55.3 Å². The summed E-state index contributed by atoms with van der Waals surface area (Å²) < 4.78 is 4.61. The van der Waals surface area contributed by atoms with Crippen LogP contribution in [0.4, 0.5) is 0 Å². The molecule has 286 valence electrons. The van der Waals surface area contributed by atoms with Crippen molar-refractivity contribution in [1.82, 2.24) is 9.13 Å². The minimum atomic E-state index is -0.102.